The zero-order valence-corrected chi connectivity index (χ0v) is 12.1. The lowest BCUT2D eigenvalue weighted by atomic mass is 10.2. The van der Waals surface area contributed by atoms with Crippen LogP contribution < -0.4 is 10.2 Å². The first-order valence-corrected chi connectivity index (χ1v) is 7.21. The Morgan fingerprint density at radius 1 is 1.70 bits per heavy atom. The van der Waals surface area contributed by atoms with Crippen LogP contribution in [0.3, 0.4) is 0 Å². The zero-order chi connectivity index (χ0) is 14.9. The number of likely N-dealkylation sites (N-methyl/N-ethyl adjacent to an activating group) is 1. The Kier molecular flexibility index (Phi) is 4.24. The van der Waals surface area contributed by atoms with Crippen LogP contribution in [0.25, 0.3) is 0 Å². The summed E-state index contributed by atoms with van der Waals surface area (Å²) in [4.78, 5) is 24.9. The molecule has 1 aliphatic heterocycles. The Labute approximate surface area is 120 Å². The number of carbonyl (C=O) groups excluding carboxylic acids is 1. The lowest BCUT2D eigenvalue weighted by molar-refractivity contribution is -0.383. The SMILES string of the molecule is CNC(=O)C1CCCN1c1sc(C(C)O)cc1[N+](=O)[O-]. The fourth-order valence-corrected chi connectivity index (χ4v) is 3.52. The van der Waals surface area contributed by atoms with Gasteiger partial charge in [-0.1, -0.05) is 0 Å². The van der Waals surface area contributed by atoms with E-state index in [2.05, 4.69) is 5.32 Å². The van der Waals surface area contributed by atoms with Crippen molar-refractivity contribution in [1.82, 2.24) is 5.32 Å². The maximum Gasteiger partial charge on any atom is 0.304 e. The monoisotopic (exact) mass is 299 g/mol. The number of anilines is 1. The number of nitro groups is 1. The van der Waals surface area contributed by atoms with Crippen LogP contribution in [0.4, 0.5) is 10.7 Å². The van der Waals surface area contributed by atoms with E-state index in [0.29, 0.717) is 22.8 Å². The minimum Gasteiger partial charge on any atom is -0.388 e. The molecule has 2 unspecified atom stereocenters. The topological polar surface area (TPSA) is 95.7 Å². The molecule has 0 saturated carbocycles. The minimum atomic E-state index is -0.756. The molecule has 110 valence electrons. The zero-order valence-electron chi connectivity index (χ0n) is 11.3. The summed E-state index contributed by atoms with van der Waals surface area (Å²) in [7, 11) is 1.56. The van der Waals surface area contributed by atoms with Crippen molar-refractivity contribution in [3.63, 3.8) is 0 Å². The number of nitrogens with zero attached hydrogens (tertiary/aromatic N) is 2. The minimum absolute atomic E-state index is 0.0401. The molecule has 1 fully saturated rings. The van der Waals surface area contributed by atoms with E-state index in [4.69, 9.17) is 0 Å². The number of nitrogens with one attached hydrogen (secondary N) is 1. The molecule has 0 aliphatic carbocycles. The molecule has 0 spiro atoms. The molecule has 2 rings (SSSR count). The molecule has 1 amide bonds. The molecule has 8 heteroatoms. The van der Waals surface area contributed by atoms with E-state index in [-0.39, 0.29) is 17.6 Å². The molecule has 1 aromatic rings. The van der Waals surface area contributed by atoms with E-state index in [1.165, 1.54) is 17.4 Å². The molecule has 2 N–H and O–H groups in total. The highest BCUT2D eigenvalue weighted by Gasteiger charge is 2.36. The first-order valence-electron chi connectivity index (χ1n) is 6.40. The highest BCUT2D eigenvalue weighted by Crippen LogP contribution is 2.42. The number of hydrogen-bond acceptors (Lipinski definition) is 6. The summed E-state index contributed by atoms with van der Waals surface area (Å²) in [5, 5.41) is 23.8. The summed E-state index contributed by atoms with van der Waals surface area (Å²) in [5.41, 5.74) is -0.0401. The lowest BCUT2D eigenvalue weighted by Gasteiger charge is -2.23. The third-order valence-electron chi connectivity index (χ3n) is 3.38. The summed E-state index contributed by atoms with van der Waals surface area (Å²) in [6, 6.07) is 1.02. The molecule has 0 aromatic carbocycles. The lowest BCUT2D eigenvalue weighted by Crippen LogP contribution is -2.41. The van der Waals surface area contributed by atoms with Gasteiger partial charge >= 0.3 is 5.69 Å². The Morgan fingerprint density at radius 3 is 2.95 bits per heavy atom. The van der Waals surface area contributed by atoms with E-state index in [0.717, 1.165) is 6.42 Å². The number of thiophene rings is 1. The van der Waals surface area contributed by atoms with Gasteiger partial charge in [-0.2, -0.15) is 0 Å². The first kappa shape index (κ1) is 14.7. The van der Waals surface area contributed by atoms with E-state index in [1.807, 2.05) is 0 Å². The molecule has 7 nitrogen and oxygen atoms in total. The fraction of sp³-hybridized carbons (Fsp3) is 0.583. The van der Waals surface area contributed by atoms with Gasteiger partial charge in [-0.25, -0.2) is 0 Å². The van der Waals surface area contributed by atoms with Crippen molar-refractivity contribution in [2.75, 3.05) is 18.5 Å². The van der Waals surface area contributed by atoms with E-state index in [9.17, 15) is 20.0 Å². The molecule has 1 saturated heterocycles. The maximum atomic E-state index is 11.9. The van der Waals surface area contributed by atoms with Crippen LogP contribution in [-0.2, 0) is 4.79 Å². The van der Waals surface area contributed by atoms with Crippen molar-refractivity contribution in [2.45, 2.75) is 31.9 Å². The van der Waals surface area contributed by atoms with Gasteiger partial charge in [-0.15, -0.1) is 11.3 Å². The molecular weight excluding hydrogens is 282 g/mol. The molecule has 0 radical (unpaired) electrons. The van der Waals surface area contributed by atoms with Crippen molar-refractivity contribution >= 4 is 27.9 Å². The van der Waals surface area contributed by atoms with Crippen molar-refractivity contribution in [3.8, 4) is 0 Å². The largest absolute Gasteiger partial charge is 0.388 e. The van der Waals surface area contributed by atoms with E-state index in [1.54, 1.807) is 18.9 Å². The normalized spacial score (nSPS) is 19.9. The van der Waals surface area contributed by atoms with Gasteiger partial charge < -0.3 is 15.3 Å². The molecule has 2 atom stereocenters. The average molecular weight is 299 g/mol. The summed E-state index contributed by atoms with van der Waals surface area (Å²) in [5.74, 6) is -0.135. The number of rotatable bonds is 4. The van der Waals surface area contributed by atoms with Gasteiger partial charge in [0.1, 0.15) is 6.04 Å². The fourth-order valence-electron chi connectivity index (χ4n) is 2.38. The van der Waals surface area contributed by atoms with Crippen molar-refractivity contribution in [1.29, 1.82) is 0 Å². The summed E-state index contributed by atoms with van der Waals surface area (Å²) in [6.07, 6.45) is 0.740. The van der Waals surface area contributed by atoms with Gasteiger partial charge in [0.15, 0.2) is 5.00 Å². The van der Waals surface area contributed by atoms with Gasteiger partial charge in [-0.05, 0) is 19.8 Å². The molecular formula is C12H17N3O4S. The quantitative estimate of drug-likeness (QED) is 0.647. The molecule has 2 heterocycles. The predicted octanol–water partition coefficient (Wildman–Crippen LogP) is 1.42. The Balaban J connectivity index is 2.40. The number of aliphatic hydroxyl groups is 1. The third-order valence-corrected chi connectivity index (χ3v) is 4.72. The number of carbonyl (C=O) groups is 1. The second-order valence-corrected chi connectivity index (χ2v) is 5.80. The van der Waals surface area contributed by atoms with Crippen molar-refractivity contribution < 1.29 is 14.8 Å². The number of aliphatic hydroxyl groups excluding tert-OH is 1. The van der Waals surface area contributed by atoms with Crippen LogP contribution in [0.5, 0.6) is 0 Å². The van der Waals surface area contributed by atoms with Gasteiger partial charge in [0.2, 0.25) is 5.91 Å². The highest BCUT2D eigenvalue weighted by molar-refractivity contribution is 7.16. The van der Waals surface area contributed by atoms with E-state index < -0.39 is 11.0 Å². The van der Waals surface area contributed by atoms with Gasteiger partial charge in [0.05, 0.1) is 11.0 Å². The van der Waals surface area contributed by atoms with Crippen LogP contribution in [0, 0.1) is 10.1 Å². The Bertz CT molecular complexity index is 529. The summed E-state index contributed by atoms with van der Waals surface area (Å²) in [6.45, 7) is 2.18. The summed E-state index contributed by atoms with van der Waals surface area (Å²) < 4.78 is 0. The van der Waals surface area contributed by atoms with Crippen molar-refractivity contribution in [3.05, 3.63) is 21.1 Å². The van der Waals surface area contributed by atoms with Crippen LogP contribution in [0.1, 0.15) is 30.7 Å². The van der Waals surface area contributed by atoms with Gasteiger partial charge in [-0.3, -0.25) is 14.9 Å². The molecule has 1 aliphatic rings. The number of amides is 1. The van der Waals surface area contributed by atoms with Crippen LogP contribution in [0.15, 0.2) is 6.07 Å². The van der Waals surface area contributed by atoms with Crippen LogP contribution >= 0.6 is 11.3 Å². The highest BCUT2D eigenvalue weighted by atomic mass is 32.1. The second-order valence-electron chi connectivity index (χ2n) is 4.74. The summed E-state index contributed by atoms with van der Waals surface area (Å²) >= 11 is 1.18. The van der Waals surface area contributed by atoms with E-state index >= 15 is 0 Å². The van der Waals surface area contributed by atoms with Crippen molar-refractivity contribution in [2.24, 2.45) is 0 Å². The van der Waals surface area contributed by atoms with Crippen LogP contribution in [-0.4, -0.2) is 35.6 Å². The predicted molar refractivity (Wildman–Crippen MR) is 76.0 cm³/mol. The smallest absolute Gasteiger partial charge is 0.304 e. The van der Waals surface area contributed by atoms with Gasteiger partial charge in [0.25, 0.3) is 0 Å². The Morgan fingerprint density at radius 2 is 2.40 bits per heavy atom. The second kappa shape index (κ2) is 5.76. The molecule has 20 heavy (non-hydrogen) atoms. The van der Waals surface area contributed by atoms with Crippen LogP contribution in [0.2, 0.25) is 0 Å². The third kappa shape index (κ3) is 2.61. The average Bonchev–Trinajstić information content (AvgIpc) is 3.03. The maximum absolute atomic E-state index is 11.9. The standard InChI is InChI=1S/C12H17N3O4S/c1-7(16)10-6-9(15(18)19)12(20-10)14-5-3-4-8(14)11(17)13-2/h6-8,16H,3-5H2,1-2H3,(H,13,17). The molecule has 1 aromatic heterocycles. The molecule has 0 bridgehead atoms. The first-order chi connectivity index (χ1) is 9.45. The Hall–Kier alpha value is -1.67. The number of hydrogen-bond donors (Lipinski definition) is 2. The van der Waals surface area contributed by atoms with Gasteiger partial charge in [0, 0.05) is 24.5 Å².